The summed E-state index contributed by atoms with van der Waals surface area (Å²) in [7, 11) is 1.61. The molecule has 0 amide bonds. The van der Waals surface area contributed by atoms with Gasteiger partial charge in [0.1, 0.15) is 5.01 Å². The molecule has 0 fully saturated rings. The van der Waals surface area contributed by atoms with Crippen LogP contribution in [0.5, 0.6) is 5.88 Å². The second-order valence-electron chi connectivity index (χ2n) is 2.40. The Labute approximate surface area is 80.0 Å². The number of pyridine rings is 1. The molecule has 0 bridgehead atoms. The number of aromatic nitrogens is 2. The third-order valence-electron chi connectivity index (χ3n) is 1.63. The van der Waals surface area contributed by atoms with Gasteiger partial charge in [-0.05, 0) is 12.1 Å². The molecule has 0 atom stereocenters. The zero-order valence-corrected chi connectivity index (χ0v) is 7.91. The van der Waals surface area contributed by atoms with Crippen molar-refractivity contribution >= 4 is 11.3 Å². The third-order valence-corrected chi connectivity index (χ3v) is 2.43. The molecular formula is C9H8N2OS. The first-order valence-electron chi connectivity index (χ1n) is 3.80. The lowest BCUT2D eigenvalue weighted by atomic mass is 10.3. The van der Waals surface area contributed by atoms with Gasteiger partial charge in [0.15, 0.2) is 0 Å². The number of ether oxygens (including phenoxy) is 1. The first kappa shape index (κ1) is 8.19. The quantitative estimate of drug-likeness (QED) is 0.731. The summed E-state index contributed by atoms with van der Waals surface area (Å²) < 4.78 is 5.12. The molecule has 0 aliphatic carbocycles. The van der Waals surface area contributed by atoms with E-state index in [9.17, 15) is 0 Å². The molecule has 0 unspecified atom stereocenters. The maximum atomic E-state index is 5.12. The zero-order chi connectivity index (χ0) is 9.10. The highest BCUT2D eigenvalue weighted by Gasteiger charge is 2.07. The molecule has 2 aromatic heterocycles. The Bertz CT molecular complexity index is 386. The minimum atomic E-state index is 0.623. The Balaban J connectivity index is 2.51. The van der Waals surface area contributed by atoms with Crippen LogP contribution in [0.2, 0.25) is 0 Å². The SMILES string of the molecule is COc1ncccc1-c1nccs1. The molecule has 0 saturated carbocycles. The van der Waals surface area contributed by atoms with Gasteiger partial charge in [-0.15, -0.1) is 11.3 Å². The number of hydrogen-bond donors (Lipinski definition) is 0. The zero-order valence-electron chi connectivity index (χ0n) is 7.10. The van der Waals surface area contributed by atoms with Crippen molar-refractivity contribution in [1.82, 2.24) is 9.97 Å². The number of hydrogen-bond acceptors (Lipinski definition) is 4. The molecule has 4 heteroatoms. The fraction of sp³-hybridized carbons (Fsp3) is 0.111. The van der Waals surface area contributed by atoms with E-state index in [0.29, 0.717) is 5.88 Å². The lowest BCUT2D eigenvalue weighted by molar-refractivity contribution is 0.399. The van der Waals surface area contributed by atoms with Crippen molar-refractivity contribution in [2.45, 2.75) is 0 Å². The lowest BCUT2D eigenvalue weighted by Gasteiger charge is -2.02. The van der Waals surface area contributed by atoms with Gasteiger partial charge < -0.3 is 4.74 Å². The molecule has 2 rings (SSSR count). The van der Waals surface area contributed by atoms with Gasteiger partial charge in [0, 0.05) is 17.8 Å². The molecule has 0 radical (unpaired) electrons. The highest BCUT2D eigenvalue weighted by Crippen LogP contribution is 2.28. The van der Waals surface area contributed by atoms with Crippen LogP contribution in [-0.4, -0.2) is 17.1 Å². The fourth-order valence-electron chi connectivity index (χ4n) is 1.07. The van der Waals surface area contributed by atoms with Crippen molar-refractivity contribution in [2.75, 3.05) is 7.11 Å². The van der Waals surface area contributed by atoms with Crippen LogP contribution in [0, 0.1) is 0 Å². The molecule has 0 aliphatic heterocycles. The van der Waals surface area contributed by atoms with E-state index >= 15 is 0 Å². The maximum Gasteiger partial charge on any atom is 0.223 e. The van der Waals surface area contributed by atoms with Gasteiger partial charge in [0.2, 0.25) is 5.88 Å². The van der Waals surface area contributed by atoms with E-state index in [4.69, 9.17) is 4.74 Å². The van der Waals surface area contributed by atoms with E-state index in [2.05, 4.69) is 9.97 Å². The lowest BCUT2D eigenvalue weighted by Crippen LogP contribution is -1.89. The van der Waals surface area contributed by atoms with E-state index in [1.54, 1.807) is 30.8 Å². The Hall–Kier alpha value is -1.42. The summed E-state index contributed by atoms with van der Waals surface area (Å²) in [5, 5.41) is 2.87. The van der Waals surface area contributed by atoms with Crippen LogP contribution in [-0.2, 0) is 0 Å². The molecule has 3 nitrogen and oxygen atoms in total. The van der Waals surface area contributed by atoms with E-state index in [0.717, 1.165) is 10.6 Å². The standard InChI is InChI=1S/C9H8N2OS/c1-12-8-7(3-2-4-10-8)9-11-5-6-13-9/h2-6H,1H3. The van der Waals surface area contributed by atoms with Crippen LogP contribution in [0.25, 0.3) is 10.6 Å². The van der Waals surface area contributed by atoms with Crippen molar-refractivity contribution in [3.05, 3.63) is 29.9 Å². The summed E-state index contributed by atoms with van der Waals surface area (Å²) >= 11 is 1.57. The first-order valence-corrected chi connectivity index (χ1v) is 4.68. The molecular weight excluding hydrogens is 184 g/mol. The Morgan fingerprint density at radius 2 is 2.23 bits per heavy atom. The van der Waals surface area contributed by atoms with Gasteiger partial charge in [0.05, 0.1) is 12.7 Å². The molecule has 13 heavy (non-hydrogen) atoms. The highest BCUT2D eigenvalue weighted by atomic mass is 32.1. The van der Waals surface area contributed by atoms with Crippen LogP contribution >= 0.6 is 11.3 Å². The van der Waals surface area contributed by atoms with Gasteiger partial charge in [0.25, 0.3) is 0 Å². The van der Waals surface area contributed by atoms with Crippen molar-refractivity contribution in [3.8, 4) is 16.5 Å². The fourth-order valence-corrected chi connectivity index (χ4v) is 1.73. The minimum absolute atomic E-state index is 0.623. The summed E-state index contributed by atoms with van der Waals surface area (Å²) in [4.78, 5) is 8.29. The number of rotatable bonds is 2. The molecule has 0 aromatic carbocycles. The molecule has 0 aliphatic rings. The number of thiazole rings is 1. The summed E-state index contributed by atoms with van der Waals surface area (Å²) in [6.07, 6.45) is 3.47. The highest BCUT2D eigenvalue weighted by molar-refractivity contribution is 7.13. The van der Waals surface area contributed by atoms with Gasteiger partial charge in [-0.3, -0.25) is 0 Å². The van der Waals surface area contributed by atoms with E-state index < -0.39 is 0 Å². The van der Waals surface area contributed by atoms with Gasteiger partial charge >= 0.3 is 0 Å². The Kier molecular flexibility index (Phi) is 2.23. The largest absolute Gasteiger partial charge is 0.480 e. The van der Waals surface area contributed by atoms with Crippen LogP contribution in [0.3, 0.4) is 0 Å². The molecule has 66 valence electrons. The molecule has 0 N–H and O–H groups in total. The predicted octanol–water partition coefficient (Wildman–Crippen LogP) is 2.21. The minimum Gasteiger partial charge on any atom is -0.480 e. The van der Waals surface area contributed by atoms with Crippen molar-refractivity contribution in [1.29, 1.82) is 0 Å². The molecule has 0 spiro atoms. The first-order chi connectivity index (χ1) is 6.42. The monoisotopic (exact) mass is 192 g/mol. The normalized spacial score (nSPS) is 9.92. The summed E-state index contributed by atoms with van der Waals surface area (Å²) in [5.41, 5.74) is 0.944. The molecule has 2 aromatic rings. The van der Waals surface area contributed by atoms with Crippen LogP contribution < -0.4 is 4.74 Å². The van der Waals surface area contributed by atoms with Crippen molar-refractivity contribution < 1.29 is 4.74 Å². The summed E-state index contributed by atoms with van der Waals surface area (Å²) in [6, 6.07) is 3.82. The van der Waals surface area contributed by atoms with Gasteiger partial charge in [-0.1, -0.05) is 0 Å². The average molecular weight is 192 g/mol. The van der Waals surface area contributed by atoms with Crippen LogP contribution in [0.15, 0.2) is 29.9 Å². The number of methoxy groups -OCH3 is 1. The van der Waals surface area contributed by atoms with Gasteiger partial charge in [-0.2, -0.15) is 0 Å². The van der Waals surface area contributed by atoms with Crippen molar-refractivity contribution in [2.24, 2.45) is 0 Å². The second kappa shape index (κ2) is 3.53. The summed E-state index contributed by atoms with van der Waals surface area (Å²) in [6.45, 7) is 0. The summed E-state index contributed by atoms with van der Waals surface area (Å²) in [5.74, 6) is 0.623. The topological polar surface area (TPSA) is 35.0 Å². The maximum absolute atomic E-state index is 5.12. The van der Waals surface area contributed by atoms with Crippen LogP contribution in [0.1, 0.15) is 0 Å². The predicted molar refractivity (Wildman–Crippen MR) is 51.9 cm³/mol. The Morgan fingerprint density at radius 3 is 2.92 bits per heavy atom. The van der Waals surface area contributed by atoms with E-state index in [-0.39, 0.29) is 0 Å². The Morgan fingerprint density at radius 1 is 1.31 bits per heavy atom. The van der Waals surface area contributed by atoms with Crippen LogP contribution in [0.4, 0.5) is 0 Å². The van der Waals surface area contributed by atoms with Crippen molar-refractivity contribution in [3.63, 3.8) is 0 Å². The average Bonchev–Trinajstić information content (AvgIpc) is 2.70. The van der Waals surface area contributed by atoms with Gasteiger partial charge in [-0.25, -0.2) is 9.97 Å². The molecule has 2 heterocycles. The number of nitrogens with zero attached hydrogens (tertiary/aromatic N) is 2. The van der Waals surface area contributed by atoms with E-state index in [1.807, 2.05) is 17.5 Å². The smallest absolute Gasteiger partial charge is 0.223 e. The van der Waals surface area contributed by atoms with E-state index in [1.165, 1.54) is 0 Å². The molecule has 0 saturated heterocycles. The third kappa shape index (κ3) is 1.53. The second-order valence-corrected chi connectivity index (χ2v) is 3.29.